The van der Waals surface area contributed by atoms with Crippen LogP contribution in [0, 0.1) is 0 Å². The Labute approximate surface area is 78.3 Å². The minimum atomic E-state index is 0.425. The van der Waals surface area contributed by atoms with Crippen molar-refractivity contribution in [2.45, 2.75) is 52.5 Å². The van der Waals surface area contributed by atoms with E-state index in [4.69, 9.17) is 7.98 Å². The van der Waals surface area contributed by atoms with E-state index < -0.39 is 0 Å². The lowest BCUT2D eigenvalue weighted by molar-refractivity contribution is 0.390. The third-order valence-electron chi connectivity index (χ3n) is 2.09. The predicted octanol–water partition coefficient (Wildman–Crippen LogP) is 2.87. The lowest BCUT2D eigenvalue weighted by Gasteiger charge is -2.29. The monoisotopic (exact) mass is 165 g/mol. The van der Waals surface area contributed by atoms with Crippen LogP contribution in [0.25, 0.3) is 0 Å². The van der Waals surface area contributed by atoms with E-state index >= 15 is 0 Å². The van der Waals surface area contributed by atoms with Gasteiger partial charge in [-0.15, -0.1) is 0 Å². The summed E-state index contributed by atoms with van der Waals surface area (Å²) in [5.74, 6) is 0. The molecular weight excluding hydrogens is 145 g/mol. The van der Waals surface area contributed by atoms with Gasteiger partial charge in [-0.2, -0.15) is 0 Å². The Morgan fingerprint density at radius 2 is 2.00 bits per heavy atom. The Morgan fingerprint density at radius 1 is 1.42 bits per heavy atom. The first-order valence-corrected chi connectivity index (χ1v) is 4.85. The molecule has 0 N–H and O–H groups in total. The highest BCUT2D eigenvalue weighted by Crippen LogP contribution is 2.12. The lowest BCUT2D eigenvalue weighted by atomic mass is 10.1. The first kappa shape index (κ1) is 11.6. The van der Waals surface area contributed by atoms with Crippen LogP contribution < -0.4 is 0 Å². The fourth-order valence-corrected chi connectivity index (χ4v) is 1.29. The molecule has 0 aromatic carbocycles. The number of rotatable bonds is 6. The van der Waals surface area contributed by atoms with Crippen molar-refractivity contribution in [3.05, 3.63) is 12.3 Å². The molecule has 12 heavy (non-hydrogen) atoms. The van der Waals surface area contributed by atoms with Crippen LogP contribution in [0.15, 0.2) is 12.3 Å². The zero-order valence-electron chi connectivity index (χ0n) is 8.64. The van der Waals surface area contributed by atoms with E-state index in [0.29, 0.717) is 6.04 Å². The highest BCUT2D eigenvalue weighted by Gasteiger charge is 2.07. The van der Waals surface area contributed by atoms with Crippen molar-refractivity contribution in [2.75, 3.05) is 0 Å². The van der Waals surface area contributed by atoms with E-state index in [1.807, 2.05) is 4.81 Å². The van der Waals surface area contributed by atoms with Gasteiger partial charge in [0.1, 0.15) is 0 Å². The topological polar surface area (TPSA) is 3.24 Å². The van der Waals surface area contributed by atoms with Gasteiger partial charge in [0, 0.05) is 6.04 Å². The van der Waals surface area contributed by atoms with Gasteiger partial charge in [-0.3, -0.25) is 0 Å². The summed E-state index contributed by atoms with van der Waals surface area (Å²) in [5.41, 5.74) is 1.05. The molecule has 0 rings (SSSR count). The van der Waals surface area contributed by atoms with Crippen LogP contribution in [0.2, 0.25) is 0 Å². The molecule has 0 spiro atoms. The van der Waals surface area contributed by atoms with Gasteiger partial charge in [0.25, 0.3) is 0 Å². The summed E-state index contributed by atoms with van der Waals surface area (Å²) in [6.45, 7) is 10.4. The summed E-state index contributed by atoms with van der Waals surface area (Å²) in [6.07, 6.45) is 4.43. The third-order valence-corrected chi connectivity index (χ3v) is 2.09. The van der Waals surface area contributed by atoms with Gasteiger partial charge in [-0.25, -0.2) is 0 Å². The summed E-state index contributed by atoms with van der Waals surface area (Å²) >= 11 is 0. The van der Waals surface area contributed by atoms with Gasteiger partial charge in [-0.1, -0.05) is 33.3 Å². The molecule has 0 saturated heterocycles. The van der Waals surface area contributed by atoms with Crippen molar-refractivity contribution in [3.63, 3.8) is 0 Å². The summed E-state index contributed by atoms with van der Waals surface area (Å²) < 4.78 is 0. The van der Waals surface area contributed by atoms with Gasteiger partial charge in [0.15, 0.2) is 0 Å². The maximum Gasteiger partial charge on any atom is 0.226 e. The minimum absolute atomic E-state index is 0.425. The molecule has 0 fully saturated rings. The standard InChI is InChI=1S/C10H20BN/c1-5-7-9(3)12(11)10(4)8-6-2/h10H,3,5-8H2,1-2,4H3. The first-order chi connectivity index (χ1) is 5.63. The molecule has 0 saturated carbocycles. The van der Waals surface area contributed by atoms with Crippen molar-refractivity contribution in [2.24, 2.45) is 0 Å². The smallest absolute Gasteiger partial charge is 0.226 e. The van der Waals surface area contributed by atoms with Gasteiger partial charge < -0.3 is 4.81 Å². The van der Waals surface area contributed by atoms with Crippen molar-refractivity contribution in [3.8, 4) is 0 Å². The normalized spacial score (nSPS) is 12.6. The Bertz CT molecular complexity index is 134. The fourth-order valence-electron chi connectivity index (χ4n) is 1.29. The molecule has 2 radical (unpaired) electrons. The van der Waals surface area contributed by atoms with E-state index in [2.05, 4.69) is 27.4 Å². The van der Waals surface area contributed by atoms with E-state index in [-0.39, 0.29) is 0 Å². The molecule has 2 heteroatoms. The molecular formula is C10H20BN. The molecule has 0 bridgehead atoms. The van der Waals surface area contributed by atoms with Crippen molar-refractivity contribution < 1.29 is 0 Å². The number of allylic oxidation sites excluding steroid dienone is 1. The fraction of sp³-hybridized carbons (Fsp3) is 0.800. The molecule has 0 aliphatic carbocycles. The second kappa shape index (κ2) is 6.16. The number of nitrogens with zero attached hydrogens (tertiary/aromatic N) is 1. The van der Waals surface area contributed by atoms with E-state index in [1.54, 1.807) is 0 Å². The molecule has 0 aliphatic heterocycles. The van der Waals surface area contributed by atoms with Crippen LogP contribution in [0.3, 0.4) is 0 Å². The zero-order valence-corrected chi connectivity index (χ0v) is 8.64. The number of hydrogen-bond acceptors (Lipinski definition) is 1. The molecule has 1 unspecified atom stereocenters. The van der Waals surface area contributed by atoms with Crippen LogP contribution >= 0.6 is 0 Å². The van der Waals surface area contributed by atoms with Gasteiger partial charge in [0.05, 0.1) is 0 Å². The lowest BCUT2D eigenvalue weighted by Crippen LogP contribution is -2.29. The van der Waals surface area contributed by atoms with Gasteiger partial charge >= 0.3 is 0 Å². The molecule has 1 atom stereocenters. The Balaban J connectivity index is 3.82. The maximum absolute atomic E-state index is 5.87. The average molecular weight is 165 g/mol. The maximum atomic E-state index is 5.87. The largest absolute Gasteiger partial charge is 0.426 e. The van der Waals surface area contributed by atoms with Crippen LogP contribution in [0.1, 0.15) is 46.5 Å². The zero-order chi connectivity index (χ0) is 9.56. The second-order valence-corrected chi connectivity index (χ2v) is 3.36. The molecule has 68 valence electrons. The van der Waals surface area contributed by atoms with Crippen LogP contribution in [0.5, 0.6) is 0 Å². The quantitative estimate of drug-likeness (QED) is 0.547. The van der Waals surface area contributed by atoms with E-state index in [0.717, 1.165) is 25.0 Å². The summed E-state index contributed by atoms with van der Waals surface area (Å²) in [6, 6.07) is 0.425. The van der Waals surface area contributed by atoms with Crippen LogP contribution in [0.4, 0.5) is 0 Å². The molecule has 0 aromatic heterocycles. The van der Waals surface area contributed by atoms with Gasteiger partial charge in [-0.05, 0) is 25.5 Å². The molecule has 0 aliphatic rings. The molecule has 0 heterocycles. The first-order valence-electron chi connectivity index (χ1n) is 4.85. The number of hydrogen-bond donors (Lipinski definition) is 0. The Kier molecular flexibility index (Phi) is 5.95. The summed E-state index contributed by atoms with van der Waals surface area (Å²) in [7, 11) is 5.87. The SMILES string of the molecule is [B]N(C(=C)CCC)C(C)CCC. The predicted molar refractivity (Wildman–Crippen MR) is 56.0 cm³/mol. The van der Waals surface area contributed by atoms with E-state index in [1.165, 1.54) is 6.42 Å². The summed E-state index contributed by atoms with van der Waals surface area (Å²) in [5, 5.41) is 0. The van der Waals surface area contributed by atoms with Crippen LogP contribution in [-0.4, -0.2) is 18.8 Å². The van der Waals surface area contributed by atoms with Crippen molar-refractivity contribution in [1.82, 2.24) is 4.81 Å². The minimum Gasteiger partial charge on any atom is -0.426 e. The third kappa shape index (κ3) is 3.84. The second-order valence-electron chi connectivity index (χ2n) is 3.36. The van der Waals surface area contributed by atoms with E-state index in [9.17, 15) is 0 Å². The highest BCUT2D eigenvalue weighted by molar-refractivity contribution is 6.05. The van der Waals surface area contributed by atoms with Gasteiger partial charge in [0.2, 0.25) is 7.98 Å². The summed E-state index contributed by atoms with van der Waals surface area (Å²) in [4.78, 5) is 1.81. The average Bonchev–Trinajstić information content (AvgIpc) is 2.04. The Hall–Kier alpha value is -0.395. The Morgan fingerprint density at radius 3 is 2.42 bits per heavy atom. The molecule has 0 aromatic rings. The molecule has 1 nitrogen and oxygen atoms in total. The van der Waals surface area contributed by atoms with Crippen LogP contribution in [-0.2, 0) is 0 Å². The van der Waals surface area contributed by atoms with Crippen molar-refractivity contribution >= 4 is 7.98 Å². The van der Waals surface area contributed by atoms with Crippen molar-refractivity contribution in [1.29, 1.82) is 0 Å². The highest BCUT2D eigenvalue weighted by atomic mass is 15.1. The molecule has 0 amide bonds.